The van der Waals surface area contributed by atoms with Crippen LogP contribution < -0.4 is 0 Å². The zero-order chi connectivity index (χ0) is 12.9. The molecule has 4 heteroatoms. The third kappa shape index (κ3) is 2.74. The maximum absolute atomic E-state index is 4.33. The van der Waals surface area contributed by atoms with Crippen molar-refractivity contribution in [1.29, 1.82) is 0 Å². The fourth-order valence-corrected chi connectivity index (χ4v) is 1.73. The molecule has 0 amide bonds. The van der Waals surface area contributed by atoms with E-state index in [2.05, 4.69) is 15.1 Å². The number of aromatic nitrogens is 4. The van der Waals surface area contributed by atoms with E-state index >= 15 is 0 Å². The average Bonchev–Trinajstić information content (AvgIpc) is 2.96. The van der Waals surface area contributed by atoms with Crippen molar-refractivity contribution in [3.8, 4) is 5.69 Å². The second-order valence-corrected chi connectivity index (χ2v) is 4.02. The molecular weight excluding hydrogens is 236 g/mol. The Labute approximate surface area is 111 Å². The predicted octanol–water partition coefficient (Wildman–Crippen LogP) is 2.83. The molecule has 0 spiro atoms. The summed E-state index contributed by atoms with van der Waals surface area (Å²) in [4.78, 5) is 8.02. The van der Waals surface area contributed by atoms with Crippen molar-refractivity contribution in [2.75, 3.05) is 0 Å². The van der Waals surface area contributed by atoms with Crippen molar-refractivity contribution in [2.45, 2.75) is 0 Å². The molecule has 19 heavy (non-hydrogen) atoms. The quantitative estimate of drug-likeness (QED) is 0.715. The summed E-state index contributed by atoms with van der Waals surface area (Å²) in [5.74, 6) is 0. The van der Waals surface area contributed by atoms with Crippen LogP contribution in [0.15, 0.2) is 61.3 Å². The Morgan fingerprint density at radius 3 is 2.68 bits per heavy atom. The number of hydrogen-bond acceptors (Lipinski definition) is 3. The van der Waals surface area contributed by atoms with Crippen LogP contribution in [0.4, 0.5) is 0 Å². The highest BCUT2D eigenvalue weighted by atomic mass is 15.3. The van der Waals surface area contributed by atoms with Gasteiger partial charge < -0.3 is 0 Å². The second-order valence-electron chi connectivity index (χ2n) is 4.02. The Kier molecular flexibility index (Phi) is 3.14. The third-order valence-corrected chi connectivity index (χ3v) is 2.67. The van der Waals surface area contributed by atoms with Gasteiger partial charge in [0.25, 0.3) is 0 Å². The lowest BCUT2D eigenvalue weighted by molar-refractivity contribution is 0.880. The minimum atomic E-state index is 0.877. The van der Waals surface area contributed by atoms with Crippen molar-refractivity contribution in [1.82, 2.24) is 19.7 Å². The predicted molar refractivity (Wildman–Crippen MR) is 74.5 cm³/mol. The van der Waals surface area contributed by atoms with E-state index in [9.17, 15) is 0 Å². The van der Waals surface area contributed by atoms with E-state index in [0.29, 0.717) is 0 Å². The summed E-state index contributed by atoms with van der Waals surface area (Å²) in [7, 11) is 0. The Balaban J connectivity index is 1.81. The van der Waals surface area contributed by atoms with Gasteiger partial charge in [0.05, 0.1) is 17.6 Å². The number of para-hydroxylation sites is 1. The van der Waals surface area contributed by atoms with Gasteiger partial charge in [-0.3, -0.25) is 0 Å². The number of hydrogen-bond donors (Lipinski definition) is 0. The zero-order valence-corrected chi connectivity index (χ0v) is 10.2. The van der Waals surface area contributed by atoms with E-state index in [0.717, 1.165) is 16.9 Å². The van der Waals surface area contributed by atoms with Gasteiger partial charge in [0.15, 0.2) is 0 Å². The third-order valence-electron chi connectivity index (χ3n) is 2.67. The van der Waals surface area contributed by atoms with Gasteiger partial charge >= 0.3 is 0 Å². The largest absolute Gasteiger partial charge is 0.245 e. The van der Waals surface area contributed by atoms with Gasteiger partial charge in [-0.15, -0.1) is 0 Å². The standard InChI is InChI=1S/C15H12N4/c1-2-4-15(5-3-1)19-11-13(10-18-19)6-7-14-8-9-16-12-17-14/h1-12H. The molecule has 0 aliphatic rings. The molecule has 0 fully saturated rings. The van der Waals surface area contributed by atoms with E-state index < -0.39 is 0 Å². The van der Waals surface area contributed by atoms with Gasteiger partial charge in [0.2, 0.25) is 0 Å². The van der Waals surface area contributed by atoms with Crippen LogP contribution in [-0.4, -0.2) is 19.7 Å². The maximum atomic E-state index is 4.33. The van der Waals surface area contributed by atoms with Gasteiger partial charge in [0.1, 0.15) is 6.33 Å². The first-order valence-corrected chi connectivity index (χ1v) is 5.96. The van der Waals surface area contributed by atoms with E-state index in [-0.39, 0.29) is 0 Å². The van der Waals surface area contributed by atoms with Crippen LogP contribution >= 0.6 is 0 Å². The van der Waals surface area contributed by atoms with Gasteiger partial charge in [-0.25, -0.2) is 14.6 Å². The smallest absolute Gasteiger partial charge is 0.115 e. The minimum absolute atomic E-state index is 0.877. The summed E-state index contributed by atoms with van der Waals surface area (Å²) in [6, 6.07) is 11.9. The molecule has 0 aliphatic carbocycles. The zero-order valence-electron chi connectivity index (χ0n) is 10.2. The Morgan fingerprint density at radius 2 is 1.89 bits per heavy atom. The van der Waals surface area contributed by atoms with Crippen LogP contribution in [0.2, 0.25) is 0 Å². The summed E-state index contributed by atoms with van der Waals surface area (Å²) in [5, 5.41) is 4.33. The maximum Gasteiger partial charge on any atom is 0.115 e. The molecule has 0 unspecified atom stereocenters. The molecule has 92 valence electrons. The number of nitrogens with zero attached hydrogens (tertiary/aromatic N) is 4. The van der Waals surface area contributed by atoms with Crippen molar-refractivity contribution >= 4 is 12.2 Å². The van der Waals surface area contributed by atoms with E-state index in [1.165, 1.54) is 6.33 Å². The van der Waals surface area contributed by atoms with Crippen LogP contribution in [-0.2, 0) is 0 Å². The molecule has 3 aromatic rings. The summed E-state index contributed by atoms with van der Waals surface area (Å²) < 4.78 is 1.85. The van der Waals surface area contributed by atoms with E-state index in [4.69, 9.17) is 0 Å². The number of benzene rings is 1. The van der Waals surface area contributed by atoms with Crippen molar-refractivity contribution in [3.63, 3.8) is 0 Å². The molecule has 0 bridgehead atoms. The van der Waals surface area contributed by atoms with Crippen molar-refractivity contribution in [2.24, 2.45) is 0 Å². The van der Waals surface area contributed by atoms with Gasteiger partial charge in [-0.1, -0.05) is 18.2 Å². The highest BCUT2D eigenvalue weighted by molar-refractivity contribution is 5.67. The number of rotatable bonds is 3. The lowest BCUT2D eigenvalue weighted by atomic mass is 10.3. The summed E-state index contributed by atoms with van der Waals surface area (Å²) in [6.45, 7) is 0. The highest BCUT2D eigenvalue weighted by Crippen LogP contribution is 2.09. The molecule has 0 saturated heterocycles. The topological polar surface area (TPSA) is 43.6 Å². The first-order chi connectivity index (χ1) is 9.42. The Hall–Kier alpha value is -2.75. The molecule has 4 nitrogen and oxygen atoms in total. The lowest BCUT2D eigenvalue weighted by Gasteiger charge is -1.98. The molecule has 2 heterocycles. The molecule has 0 aliphatic heterocycles. The van der Waals surface area contributed by atoms with Gasteiger partial charge in [-0.05, 0) is 30.4 Å². The summed E-state index contributed by atoms with van der Waals surface area (Å²) in [6.07, 6.45) is 11.0. The molecule has 0 atom stereocenters. The van der Waals surface area contributed by atoms with Crippen molar-refractivity contribution in [3.05, 3.63) is 72.6 Å². The van der Waals surface area contributed by atoms with Crippen LogP contribution in [0.25, 0.3) is 17.8 Å². The van der Waals surface area contributed by atoms with Crippen molar-refractivity contribution < 1.29 is 0 Å². The lowest BCUT2D eigenvalue weighted by Crippen LogP contribution is -1.92. The van der Waals surface area contributed by atoms with Crippen LogP contribution in [0.3, 0.4) is 0 Å². The molecule has 0 N–H and O–H groups in total. The SMILES string of the molecule is C(=Cc1ccncn1)c1cnn(-c2ccccc2)c1. The van der Waals surface area contributed by atoms with E-state index in [1.54, 1.807) is 6.20 Å². The molecule has 0 radical (unpaired) electrons. The molecule has 1 aromatic carbocycles. The normalized spacial score (nSPS) is 10.9. The summed E-state index contributed by atoms with van der Waals surface area (Å²) >= 11 is 0. The Bertz CT molecular complexity index is 672. The highest BCUT2D eigenvalue weighted by Gasteiger charge is 1.97. The fraction of sp³-hybridized carbons (Fsp3) is 0. The minimum Gasteiger partial charge on any atom is -0.245 e. The molecule has 0 saturated carbocycles. The Morgan fingerprint density at radius 1 is 1.00 bits per heavy atom. The van der Waals surface area contributed by atoms with Crippen LogP contribution in [0.1, 0.15) is 11.3 Å². The first kappa shape index (κ1) is 11.3. The first-order valence-electron chi connectivity index (χ1n) is 5.96. The molecule has 2 aromatic heterocycles. The monoisotopic (exact) mass is 248 g/mol. The average molecular weight is 248 g/mol. The van der Waals surface area contributed by atoms with Crippen LogP contribution in [0, 0.1) is 0 Å². The summed E-state index contributed by atoms with van der Waals surface area (Å²) in [5.41, 5.74) is 2.95. The van der Waals surface area contributed by atoms with Gasteiger partial charge in [-0.2, -0.15) is 5.10 Å². The molecule has 3 rings (SSSR count). The molecular formula is C15H12N4. The van der Waals surface area contributed by atoms with Gasteiger partial charge in [0, 0.05) is 18.0 Å². The fourth-order valence-electron chi connectivity index (χ4n) is 1.73. The van der Waals surface area contributed by atoms with Crippen LogP contribution in [0.5, 0.6) is 0 Å². The van der Waals surface area contributed by atoms with E-state index in [1.807, 2.05) is 65.6 Å². The second kappa shape index (κ2) is 5.27.